The van der Waals surface area contributed by atoms with E-state index in [-0.39, 0.29) is 11.9 Å². The molecule has 8 nitrogen and oxygen atoms in total. The standard InChI is InChI=1S/C26H31N3O5S3/c1-2-18-36(30,31)28-14-10-20(11-15-28)21-8-9-24-25(19-21)35-26(27-24)34-22-12-16-29(17-13-22)37(32,33)23-6-4-3-5-7-23/h3-10,19,22H,2,11-18H2,1H3. The zero-order valence-corrected chi connectivity index (χ0v) is 23.2. The second kappa shape index (κ2) is 10.8. The summed E-state index contributed by atoms with van der Waals surface area (Å²) < 4.78 is 60.7. The first-order valence-electron chi connectivity index (χ1n) is 12.6. The van der Waals surface area contributed by atoms with Crippen molar-refractivity contribution in [2.45, 2.75) is 43.6 Å². The molecule has 11 heteroatoms. The zero-order chi connectivity index (χ0) is 26.0. The van der Waals surface area contributed by atoms with Gasteiger partial charge in [-0.25, -0.2) is 21.8 Å². The third-order valence-corrected chi connectivity index (χ3v) is 11.7. The van der Waals surface area contributed by atoms with Crippen molar-refractivity contribution in [3.63, 3.8) is 0 Å². The molecule has 3 aromatic rings. The monoisotopic (exact) mass is 561 g/mol. The molecule has 0 radical (unpaired) electrons. The number of rotatable bonds is 8. The van der Waals surface area contributed by atoms with Crippen molar-refractivity contribution >= 4 is 47.2 Å². The maximum atomic E-state index is 12.9. The van der Waals surface area contributed by atoms with E-state index in [9.17, 15) is 16.8 Å². The van der Waals surface area contributed by atoms with Gasteiger partial charge in [0.15, 0.2) is 0 Å². The number of hydrogen-bond donors (Lipinski definition) is 0. The predicted molar refractivity (Wildman–Crippen MR) is 147 cm³/mol. The summed E-state index contributed by atoms with van der Waals surface area (Å²) in [6, 6.07) is 14.6. The van der Waals surface area contributed by atoms with Crippen molar-refractivity contribution in [3.05, 3.63) is 60.2 Å². The molecular weight excluding hydrogens is 531 g/mol. The SMILES string of the molecule is CCCS(=O)(=O)N1CC=C(c2ccc3nc(OC4CCN(S(=O)(=O)c5ccccc5)CC4)sc3c2)CC1. The van der Waals surface area contributed by atoms with Crippen LogP contribution in [0.25, 0.3) is 15.8 Å². The highest BCUT2D eigenvalue weighted by Gasteiger charge is 2.30. The Morgan fingerprint density at radius 3 is 2.43 bits per heavy atom. The summed E-state index contributed by atoms with van der Waals surface area (Å²) in [7, 11) is -6.67. The van der Waals surface area contributed by atoms with Crippen molar-refractivity contribution in [2.24, 2.45) is 0 Å². The van der Waals surface area contributed by atoms with Crippen LogP contribution in [0.1, 0.15) is 38.2 Å². The topological polar surface area (TPSA) is 96.9 Å². The van der Waals surface area contributed by atoms with E-state index in [1.54, 1.807) is 34.6 Å². The molecule has 198 valence electrons. The second-order valence-electron chi connectivity index (χ2n) is 9.35. The van der Waals surface area contributed by atoms with E-state index in [0.717, 1.165) is 21.4 Å². The molecule has 2 aromatic carbocycles. The molecule has 5 rings (SSSR count). The van der Waals surface area contributed by atoms with Gasteiger partial charge in [0.25, 0.3) is 5.19 Å². The number of piperidine rings is 1. The summed E-state index contributed by atoms with van der Waals surface area (Å²) in [4.78, 5) is 4.95. The van der Waals surface area contributed by atoms with E-state index in [4.69, 9.17) is 4.74 Å². The Labute approximate surface area is 222 Å². The second-order valence-corrected chi connectivity index (χ2v) is 14.4. The average Bonchev–Trinajstić information content (AvgIpc) is 3.31. The van der Waals surface area contributed by atoms with Gasteiger partial charge in [-0.2, -0.15) is 8.61 Å². The predicted octanol–water partition coefficient (Wildman–Crippen LogP) is 4.36. The minimum absolute atomic E-state index is 0.0839. The maximum absolute atomic E-state index is 12.9. The Bertz CT molecular complexity index is 1490. The highest BCUT2D eigenvalue weighted by molar-refractivity contribution is 7.89. The summed E-state index contributed by atoms with van der Waals surface area (Å²) in [6.07, 6.45) is 4.44. The first-order valence-corrected chi connectivity index (χ1v) is 16.4. The summed E-state index contributed by atoms with van der Waals surface area (Å²) in [5.74, 6) is 0.188. The first-order chi connectivity index (χ1) is 17.8. The van der Waals surface area contributed by atoms with Crippen molar-refractivity contribution in [2.75, 3.05) is 31.9 Å². The highest BCUT2D eigenvalue weighted by atomic mass is 32.2. The molecule has 0 saturated carbocycles. The van der Waals surface area contributed by atoms with Crippen LogP contribution in [0.5, 0.6) is 5.19 Å². The van der Waals surface area contributed by atoms with Crippen LogP contribution in [0.4, 0.5) is 0 Å². The molecule has 1 fully saturated rings. The summed E-state index contributed by atoms with van der Waals surface area (Å²) in [5, 5.41) is 0.589. The Hall–Kier alpha value is -2.31. The van der Waals surface area contributed by atoms with Crippen molar-refractivity contribution in [3.8, 4) is 5.19 Å². The molecule has 0 spiro atoms. The molecule has 1 saturated heterocycles. The largest absolute Gasteiger partial charge is 0.467 e. The van der Waals surface area contributed by atoms with Gasteiger partial charge in [0, 0.05) is 26.2 Å². The average molecular weight is 562 g/mol. The molecule has 0 aliphatic carbocycles. The van der Waals surface area contributed by atoms with Gasteiger partial charge in [-0.05, 0) is 61.1 Å². The van der Waals surface area contributed by atoms with Gasteiger partial charge in [0.1, 0.15) is 6.10 Å². The quantitative estimate of drug-likeness (QED) is 0.406. The van der Waals surface area contributed by atoms with Crippen LogP contribution in [0.15, 0.2) is 59.5 Å². The van der Waals surface area contributed by atoms with Crippen LogP contribution < -0.4 is 4.74 Å². The first kappa shape index (κ1) is 26.3. The zero-order valence-electron chi connectivity index (χ0n) is 20.7. The van der Waals surface area contributed by atoms with Crippen LogP contribution in [0, 0.1) is 0 Å². The number of fused-ring (bicyclic) bond motifs is 1. The van der Waals surface area contributed by atoms with E-state index in [0.29, 0.717) is 62.0 Å². The lowest BCUT2D eigenvalue weighted by Gasteiger charge is -2.30. The molecule has 37 heavy (non-hydrogen) atoms. The van der Waals surface area contributed by atoms with Gasteiger partial charge < -0.3 is 4.74 Å². The Morgan fingerprint density at radius 1 is 1.00 bits per heavy atom. The lowest BCUT2D eigenvalue weighted by molar-refractivity contribution is 0.135. The van der Waals surface area contributed by atoms with Crippen LogP contribution in [0.2, 0.25) is 0 Å². The highest BCUT2D eigenvalue weighted by Crippen LogP contribution is 2.34. The molecule has 3 heterocycles. The molecular formula is C26H31N3O5S3. The smallest absolute Gasteiger partial charge is 0.274 e. The van der Waals surface area contributed by atoms with Crippen LogP contribution >= 0.6 is 11.3 Å². The minimum atomic E-state index is -3.49. The molecule has 2 aliphatic heterocycles. The fourth-order valence-corrected chi connectivity index (χ4v) is 8.64. The number of nitrogens with zero attached hydrogens (tertiary/aromatic N) is 3. The van der Waals surface area contributed by atoms with Gasteiger partial charge in [0.2, 0.25) is 20.0 Å². The number of sulfonamides is 2. The molecule has 0 N–H and O–H groups in total. The van der Waals surface area contributed by atoms with E-state index in [1.165, 1.54) is 15.6 Å². The molecule has 2 aliphatic rings. The van der Waals surface area contributed by atoms with Crippen LogP contribution in [-0.4, -0.2) is 68.5 Å². The number of aromatic nitrogens is 1. The van der Waals surface area contributed by atoms with Crippen molar-refractivity contribution in [1.82, 2.24) is 13.6 Å². The maximum Gasteiger partial charge on any atom is 0.274 e. The number of hydrogen-bond acceptors (Lipinski definition) is 7. The van der Waals surface area contributed by atoms with E-state index in [1.807, 2.05) is 25.1 Å². The van der Waals surface area contributed by atoms with Crippen molar-refractivity contribution in [1.29, 1.82) is 0 Å². The normalized spacial score (nSPS) is 18.7. The lowest BCUT2D eigenvalue weighted by atomic mass is 10.0. The number of benzene rings is 2. The fraction of sp³-hybridized carbons (Fsp3) is 0.423. The Balaban J connectivity index is 1.22. The van der Waals surface area contributed by atoms with Crippen LogP contribution in [0.3, 0.4) is 0 Å². The summed E-state index contributed by atoms with van der Waals surface area (Å²) in [6.45, 7) is 3.62. The molecule has 0 unspecified atom stereocenters. The van der Waals surface area contributed by atoms with Gasteiger partial charge >= 0.3 is 0 Å². The molecule has 0 amide bonds. The van der Waals surface area contributed by atoms with Gasteiger partial charge in [-0.15, -0.1) is 0 Å². The minimum Gasteiger partial charge on any atom is -0.467 e. The molecule has 0 bridgehead atoms. The van der Waals surface area contributed by atoms with Crippen molar-refractivity contribution < 1.29 is 21.6 Å². The third-order valence-electron chi connectivity index (χ3n) is 6.82. The summed E-state index contributed by atoms with van der Waals surface area (Å²) >= 11 is 1.48. The Kier molecular flexibility index (Phi) is 7.69. The summed E-state index contributed by atoms with van der Waals surface area (Å²) in [5.41, 5.74) is 3.08. The van der Waals surface area contributed by atoms with Crippen LogP contribution in [-0.2, 0) is 20.0 Å². The van der Waals surface area contributed by atoms with E-state index in [2.05, 4.69) is 11.1 Å². The van der Waals surface area contributed by atoms with Gasteiger partial charge in [0.05, 0.1) is 20.9 Å². The fourth-order valence-electron chi connectivity index (χ4n) is 4.78. The number of ether oxygens (including phenoxy) is 1. The van der Waals surface area contributed by atoms with E-state index < -0.39 is 20.0 Å². The lowest BCUT2D eigenvalue weighted by Crippen LogP contribution is -2.41. The Morgan fingerprint density at radius 2 is 1.76 bits per heavy atom. The number of thiazole rings is 1. The van der Waals surface area contributed by atoms with Gasteiger partial charge in [-0.3, -0.25) is 0 Å². The van der Waals surface area contributed by atoms with E-state index >= 15 is 0 Å². The molecule has 1 aromatic heterocycles. The molecule has 0 atom stereocenters. The van der Waals surface area contributed by atoms with Gasteiger partial charge in [-0.1, -0.05) is 48.6 Å². The third kappa shape index (κ3) is 5.75.